The molecule has 0 saturated carbocycles. The van der Waals surface area contributed by atoms with Crippen LogP contribution in [0, 0.1) is 11.3 Å². The molecule has 1 aromatic rings. The van der Waals surface area contributed by atoms with Crippen LogP contribution in [0.15, 0.2) is 30.3 Å². The molecule has 0 N–H and O–H groups in total. The molecule has 0 bridgehead atoms. The zero-order chi connectivity index (χ0) is 9.68. The van der Waals surface area contributed by atoms with Gasteiger partial charge in [0.1, 0.15) is 0 Å². The maximum Gasteiger partial charge on any atom is 0.207 e. The van der Waals surface area contributed by atoms with Crippen molar-refractivity contribution in [3.8, 4) is 6.07 Å². The van der Waals surface area contributed by atoms with Crippen LogP contribution < -0.4 is 0 Å². The fraction of sp³-hybridized carbons (Fsp3) is 0.300. The van der Waals surface area contributed by atoms with Crippen molar-refractivity contribution in [2.75, 3.05) is 0 Å². The van der Waals surface area contributed by atoms with Crippen molar-refractivity contribution < 1.29 is 4.43 Å². The van der Waals surface area contributed by atoms with E-state index in [-0.39, 0.29) is 0 Å². The second kappa shape index (κ2) is 4.80. The largest absolute Gasteiger partial charge is 0.398 e. The minimum Gasteiger partial charge on any atom is -0.398 e. The Hall–Kier alpha value is -1.11. The van der Waals surface area contributed by atoms with Gasteiger partial charge < -0.3 is 4.43 Å². The van der Waals surface area contributed by atoms with Crippen LogP contribution in [0.25, 0.3) is 0 Å². The van der Waals surface area contributed by atoms with Crippen LogP contribution in [0.5, 0.6) is 0 Å². The average molecular weight is 190 g/mol. The molecule has 0 aliphatic heterocycles. The average Bonchev–Trinajstić information content (AvgIpc) is 2.15. The highest BCUT2D eigenvalue weighted by molar-refractivity contribution is 6.48. The summed E-state index contributed by atoms with van der Waals surface area (Å²) < 4.78 is 5.53. The summed E-state index contributed by atoms with van der Waals surface area (Å²) in [6.45, 7) is 4.05. The van der Waals surface area contributed by atoms with E-state index in [9.17, 15) is 0 Å². The summed E-state index contributed by atoms with van der Waals surface area (Å²) >= 11 is 0. The van der Waals surface area contributed by atoms with Gasteiger partial charge in [0.25, 0.3) is 0 Å². The molecule has 0 aliphatic carbocycles. The molecule has 13 heavy (non-hydrogen) atoms. The monoisotopic (exact) mass is 190 g/mol. The standard InChI is InChI=1S/C10H12NOSi/c1-13(2)12-10(8-11)9-6-4-3-5-7-9/h3-7,10H,1-2H3. The Balaban J connectivity index is 2.75. The number of benzene rings is 1. The SMILES string of the molecule is C[Si](C)OC(C#N)c1ccccc1. The molecular formula is C10H12NOSi. The van der Waals surface area contributed by atoms with Crippen LogP contribution >= 0.6 is 0 Å². The molecule has 0 aliphatic rings. The third-order valence-electron chi connectivity index (χ3n) is 1.57. The van der Waals surface area contributed by atoms with Gasteiger partial charge in [0.05, 0.1) is 6.07 Å². The van der Waals surface area contributed by atoms with Crippen molar-refractivity contribution in [2.45, 2.75) is 19.2 Å². The van der Waals surface area contributed by atoms with Crippen molar-refractivity contribution in [1.29, 1.82) is 5.26 Å². The first-order chi connectivity index (χ1) is 6.24. The van der Waals surface area contributed by atoms with E-state index >= 15 is 0 Å². The van der Waals surface area contributed by atoms with E-state index in [4.69, 9.17) is 9.69 Å². The lowest BCUT2D eigenvalue weighted by molar-refractivity contribution is 0.268. The van der Waals surface area contributed by atoms with E-state index in [2.05, 4.69) is 6.07 Å². The summed E-state index contributed by atoms with van der Waals surface area (Å²) in [5, 5.41) is 8.87. The molecule has 0 amide bonds. The van der Waals surface area contributed by atoms with Crippen LogP contribution in [-0.4, -0.2) is 9.04 Å². The fourth-order valence-corrected chi connectivity index (χ4v) is 1.69. The van der Waals surface area contributed by atoms with Gasteiger partial charge >= 0.3 is 0 Å². The van der Waals surface area contributed by atoms with Crippen molar-refractivity contribution in [3.05, 3.63) is 35.9 Å². The molecule has 1 radical (unpaired) electrons. The molecule has 1 unspecified atom stereocenters. The Bertz CT molecular complexity index is 292. The molecule has 3 heteroatoms. The second-order valence-electron chi connectivity index (χ2n) is 2.95. The normalized spacial score (nSPS) is 12.5. The summed E-state index contributed by atoms with van der Waals surface area (Å²) in [5.74, 6) is 0. The molecule has 67 valence electrons. The maximum atomic E-state index is 8.87. The van der Waals surface area contributed by atoms with E-state index in [0.717, 1.165) is 5.56 Å². The predicted molar refractivity (Wildman–Crippen MR) is 53.4 cm³/mol. The van der Waals surface area contributed by atoms with E-state index in [0.29, 0.717) is 0 Å². The Labute approximate surface area is 80.5 Å². The third kappa shape index (κ3) is 3.02. The van der Waals surface area contributed by atoms with Gasteiger partial charge in [-0.25, -0.2) is 0 Å². The lowest BCUT2D eigenvalue weighted by Gasteiger charge is -2.12. The van der Waals surface area contributed by atoms with Crippen LogP contribution in [0.3, 0.4) is 0 Å². The zero-order valence-corrected chi connectivity index (χ0v) is 8.82. The summed E-state index contributed by atoms with van der Waals surface area (Å²) in [7, 11) is -0.815. The molecule has 0 aromatic heterocycles. The molecule has 0 fully saturated rings. The fourth-order valence-electron chi connectivity index (χ4n) is 1.03. The van der Waals surface area contributed by atoms with Gasteiger partial charge in [-0.2, -0.15) is 5.26 Å². The van der Waals surface area contributed by atoms with Crippen LogP contribution in [0.1, 0.15) is 11.7 Å². The predicted octanol–water partition coefficient (Wildman–Crippen LogP) is 2.52. The lowest BCUT2D eigenvalue weighted by Crippen LogP contribution is -2.12. The first-order valence-corrected chi connectivity index (χ1v) is 6.56. The van der Waals surface area contributed by atoms with Gasteiger partial charge in [0.15, 0.2) is 6.10 Å². The Morgan fingerprint density at radius 2 is 1.92 bits per heavy atom. The Kier molecular flexibility index (Phi) is 3.68. The molecule has 2 nitrogen and oxygen atoms in total. The summed E-state index contributed by atoms with van der Waals surface area (Å²) in [4.78, 5) is 0. The number of hydrogen-bond donors (Lipinski definition) is 0. The molecule has 0 heterocycles. The summed E-state index contributed by atoms with van der Waals surface area (Å²) in [6, 6.07) is 11.8. The topological polar surface area (TPSA) is 33.0 Å². The first-order valence-electron chi connectivity index (χ1n) is 4.15. The third-order valence-corrected chi connectivity index (χ3v) is 2.28. The highest BCUT2D eigenvalue weighted by Crippen LogP contribution is 2.16. The number of nitrogens with zero attached hydrogens (tertiary/aromatic N) is 1. The van der Waals surface area contributed by atoms with E-state index < -0.39 is 15.1 Å². The van der Waals surface area contributed by atoms with E-state index in [1.54, 1.807) is 0 Å². The van der Waals surface area contributed by atoms with Gasteiger partial charge in [-0.3, -0.25) is 0 Å². The van der Waals surface area contributed by atoms with Gasteiger partial charge in [-0.05, 0) is 18.7 Å². The lowest BCUT2D eigenvalue weighted by atomic mass is 10.1. The number of nitriles is 1. The number of hydrogen-bond acceptors (Lipinski definition) is 2. The van der Waals surface area contributed by atoms with Crippen LogP contribution in [0.2, 0.25) is 13.1 Å². The molecule has 1 aromatic carbocycles. The quantitative estimate of drug-likeness (QED) is 0.686. The van der Waals surface area contributed by atoms with Crippen molar-refractivity contribution >= 4 is 9.04 Å². The Morgan fingerprint density at radius 3 is 2.38 bits per heavy atom. The van der Waals surface area contributed by atoms with Gasteiger partial charge in [-0.1, -0.05) is 30.3 Å². The van der Waals surface area contributed by atoms with Crippen LogP contribution in [0.4, 0.5) is 0 Å². The van der Waals surface area contributed by atoms with E-state index in [1.165, 1.54) is 0 Å². The summed E-state index contributed by atoms with van der Waals surface area (Å²) in [5.41, 5.74) is 0.941. The highest BCUT2D eigenvalue weighted by atomic mass is 28.3. The Morgan fingerprint density at radius 1 is 1.31 bits per heavy atom. The maximum absolute atomic E-state index is 8.87. The highest BCUT2D eigenvalue weighted by Gasteiger charge is 2.12. The molecule has 1 rings (SSSR count). The van der Waals surface area contributed by atoms with Crippen molar-refractivity contribution in [3.63, 3.8) is 0 Å². The number of rotatable bonds is 3. The van der Waals surface area contributed by atoms with Crippen molar-refractivity contribution in [1.82, 2.24) is 0 Å². The molecule has 0 saturated heterocycles. The van der Waals surface area contributed by atoms with Crippen LogP contribution in [-0.2, 0) is 4.43 Å². The smallest absolute Gasteiger partial charge is 0.207 e. The van der Waals surface area contributed by atoms with Gasteiger partial charge in [-0.15, -0.1) is 0 Å². The molecule has 1 atom stereocenters. The summed E-state index contributed by atoms with van der Waals surface area (Å²) in [6.07, 6.45) is -0.398. The van der Waals surface area contributed by atoms with Gasteiger partial charge in [0, 0.05) is 0 Å². The van der Waals surface area contributed by atoms with E-state index in [1.807, 2.05) is 43.4 Å². The van der Waals surface area contributed by atoms with Gasteiger partial charge in [0.2, 0.25) is 9.04 Å². The molecule has 0 spiro atoms. The minimum atomic E-state index is -0.815. The molecular weight excluding hydrogens is 178 g/mol. The second-order valence-corrected chi connectivity index (χ2v) is 5.00. The van der Waals surface area contributed by atoms with Crippen molar-refractivity contribution in [2.24, 2.45) is 0 Å². The zero-order valence-electron chi connectivity index (χ0n) is 7.82. The minimum absolute atomic E-state index is 0.398. The first kappa shape index (κ1) is 9.97.